The van der Waals surface area contributed by atoms with Gasteiger partial charge in [-0.3, -0.25) is 9.59 Å². The molecule has 2 unspecified atom stereocenters. The summed E-state index contributed by atoms with van der Waals surface area (Å²) in [5.74, 6) is -1.54. The molecule has 2 aliphatic carbocycles. The first kappa shape index (κ1) is 36.0. The number of nitrogens with zero attached hydrogens (tertiary/aromatic N) is 2. The zero-order chi connectivity index (χ0) is 39.3. The van der Waals surface area contributed by atoms with Crippen LogP contribution in [0.5, 0.6) is 0 Å². The summed E-state index contributed by atoms with van der Waals surface area (Å²) in [6.45, 7) is 14.5. The quantitative estimate of drug-likeness (QED) is 0.110. The Morgan fingerprint density at radius 3 is 1.16 bits per heavy atom. The van der Waals surface area contributed by atoms with Gasteiger partial charge in [-0.05, 0) is 49.2 Å². The van der Waals surface area contributed by atoms with Gasteiger partial charge in [-0.15, -0.1) is 0 Å². The van der Waals surface area contributed by atoms with Gasteiger partial charge in [-0.25, -0.2) is 0 Å². The van der Waals surface area contributed by atoms with E-state index in [1.165, 1.54) is 0 Å². The summed E-state index contributed by atoms with van der Waals surface area (Å²) in [6.07, 6.45) is 3.95. The standard InChI is InChI=1S/C50H48N2O4/c1-7-9-27-51-35-25-17-15-23-33(35)49(3,4)47(51)41-43(53)39(44(41)54)37-29-19-11-13-21-31(29)38(32-22-14-12-20-30(32)37)40-45(55)42(46(40)56)48-50(5,6)34-24-16-18-26-36(34)52(48)28-10-8-2/h11-26,41-42H,7-10,27-28H2,1-6H3/p+2. The number of benzene rings is 5. The second-order valence-electron chi connectivity index (χ2n) is 17.0. The first-order chi connectivity index (χ1) is 27.0. The Morgan fingerprint density at radius 1 is 0.518 bits per heavy atom. The molecule has 2 atom stereocenters. The van der Waals surface area contributed by atoms with Crippen LogP contribution in [0.25, 0.3) is 32.7 Å². The number of unbranched alkanes of at least 4 members (excludes halogenated alkanes) is 2. The maximum absolute atomic E-state index is 14.8. The highest BCUT2D eigenvalue weighted by molar-refractivity contribution is 6.44. The Hall–Kier alpha value is -5.62. The molecule has 0 saturated carbocycles. The molecule has 0 bridgehead atoms. The summed E-state index contributed by atoms with van der Waals surface area (Å²) < 4.78 is 4.54. The van der Waals surface area contributed by atoms with Gasteiger partial charge in [0.05, 0.1) is 22.0 Å². The van der Waals surface area contributed by atoms with Gasteiger partial charge in [0.15, 0.2) is 34.8 Å². The Morgan fingerprint density at radius 2 is 0.839 bits per heavy atom. The molecule has 5 aromatic carbocycles. The Labute approximate surface area is 328 Å². The highest BCUT2D eigenvalue weighted by Gasteiger charge is 2.59. The van der Waals surface area contributed by atoms with Crippen LogP contribution in [0.3, 0.4) is 0 Å². The molecule has 0 aromatic heterocycles. The minimum absolute atomic E-state index is 0.0869. The molecule has 2 N–H and O–H groups in total. The zero-order valence-corrected chi connectivity index (χ0v) is 33.2. The largest absolute Gasteiger partial charge is 0.510 e. The van der Waals surface area contributed by atoms with Gasteiger partial charge in [-0.2, -0.15) is 9.15 Å². The molecule has 5 aromatic rings. The van der Waals surface area contributed by atoms with E-state index in [9.17, 15) is 19.8 Å². The van der Waals surface area contributed by atoms with Gasteiger partial charge in [0.25, 0.3) is 0 Å². The highest BCUT2D eigenvalue weighted by Crippen LogP contribution is 2.53. The van der Waals surface area contributed by atoms with Crippen LogP contribution in [0.15, 0.2) is 109 Å². The minimum Gasteiger partial charge on any atom is -0.510 e. The number of para-hydroxylation sites is 2. The van der Waals surface area contributed by atoms with Crippen molar-refractivity contribution >= 4 is 67.1 Å². The molecular formula is C50H50N2O4+2. The first-order valence-electron chi connectivity index (χ1n) is 20.3. The third-order valence-corrected chi connectivity index (χ3v) is 13.1. The van der Waals surface area contributed by atoms with Crippen molar-refractivity contribution in [3.63, 3.8) is 0 Å². The fourth-order valence-corrected chi connectivity index (χ4v) is 10.4. The molecule has 2 heterocycles. The molecule has 282 valence electrons. The number of ketones is 2. The number of fused-ring (bicyclic) bond motifs is 4. The maximum Gasteiger partial charge on any atom is 0.209 e. The molecule has 56 heavy (non-hydrogen) atoms. The lowest BCUT2D eigenvalue weighted by Crippen LogP contribution is -2.46. The lowest BCUT2D eigenvalue weighted by atomic mass is 9.65. The minimum atomic E-state index is -0.756. The van der Waals surface area contributed by atoms with Crippen LogP contribution in [-0.2, 0) is 20.4 Å². The van der Waals surface area contributed by atoms with Crippen LogP contribution < -0.4 is 0 Å². The van der Waals surface area contributed by atoms with E-state index in [0.29, 0.717) is 22.3 Å². The fourth-order valence-electron chi connectivity index (χ4n) is 10.4. The molecule has 6 nitrogen and oxygen atoms in total. The van der Waals surface area contributed by atoms with E-state index in [4.69, 9.17) is 0 Å². The van der Waals surface area contributed by atoms with E-state index >= 15 is 0 Å². The van der Waals surface area contributed by atoms with Crippen LogP contribution >= 0.6 is 0 Å². The highest BCUT2D eigenvalue weighted by atomic mass is 16.3. The third-order valence-electron chi connectivity index (χ3n) is 13.1. The van der Waals surface area contributed by atoms with Crippen molar-refractivity contribution in [2.75, 3.05) is 13.1 Å². The summed E-state index contributed by atoms with van der Waals surface area (Å²) in [5, 5.41) is 27.5. The average molecular weight is 743 g/mol. The smallest absolute Gasteiger partial charge is 0.209 e. The van der Waals surface area contributed by atoms with Crippen molar-refractivity contribution in [1.29, 1.82) is 0 Å². The Balaban J connectivity index is 1.22. The molecule has 0 saturated heterocycles. The first-order valence-corrected chi connectivity index (χ1v) is 20.3. The van der Waals surface area contributed by atoms with Crippen molar-refractivity contribution in [3.8, 4) is 0 Å². The van der Waals surface area contributed by atoms with Gasteiger partial charge >= 0.3 is 0 Å². The van der Waals surface area contributed by atoms with Crippen LogP contribution in [0.4, 0.5) is 11.4 Å². The number of Topliss-reactive ketones (excluding diaryl/α,β-unsaturated/α-hetero) is 2. The molecule has 2 aliphatic heterocycles. The van der Waals surface area contributed by atoms with Crippen LogP contribution in [-0.4, -0.2) is 55.4 Å². The molecule has 0 fully saturated rings. The molecule has 6 heteroatoms. The average Bonchev–Trinajstić information content (AvgIpc) is 3.55. The molecule has 0 amide bonds. The lowest BCUT2D eigenvalue weighted by molar-refractivity contribution is -0.441. The van der Waals surface area contributed by atoms with Crippen LogP contribution in [0.1, 0.15) is 89.5 Å². The van der Waals surface area contributed by atoms with Crippen molar-refractivity contribution in [3.05, 3.63) is 131 Å². The monoisotopic (exact) mass is 742 g/mol. The number of rotatable bonds is 10. The topological polar surface area (TPSA) is 80.6 Å². The Bertz CT molecular complexity index is 2450. The summed E-state index contributed by atoms with van der Waals surface area (Å²) in [4.78, 5) is 29.5. The molecule has 0 spiro atoms. The molecule has 4 aliphatic rings. The van der Waals surface area contributed by atoms with E-state index in [1.54, 1.807) is 0 Å². The predicted molar refractivity (Wildman–Crippen MR) is 226 cm³/mol. The molecule has 9 rings (SSSR count). The summed E-state index contributed by atoms with van der Waals surface area (Å²) in [5.41, 5.74) is 7.45. The number of aliphatic hydroxyl groups is 2. The normalized spacial score (nSPS) is 21.0. The maximum atomic E-state index is 14.8. The van der Waals surface area contributed by atoms with Gasteiger partial charge in [0.1, 0.15) is 24.6 Å². The number of aliphatic hydroxyl groups excluding tert-OH is 2. The number of carbonyl (C=O) groups excluding carboxylic acids is 2. The van der Waals surface area contributed by atoms with Crippen molar-refractivity contribution in [2.24, 2.45) is 11.8 Å². The van der Waals surface area contributed by atoms with Gasteiger partial charge < -0.3 is 10.2 Å². The molecule has 0 radical (unpaired) electrons. The van der Waals surface area contributed by atoms with E-state index < -0.39 is 22.7 Å². The van der Waals surface area contributed by atoms with Crippen LogP contribution in [0, 0.1) is 11.8 Å². The SMILES string of the molecule is CCCC[N+]1=C(C2C(=O)C(c3c4ccccc4c(C4=C(O)C(C5=[N+](CCCC)c6ccccc6C5(C)C)C4=O)c4ccccc34)=C2O)C(C)(C)c2ccccc21. The lowest BCUT2D eigenvalue weighted by Gasteiger charge is -2.34. The van der Waals surface area contributed by atoms with E-state index in [2.05, 4.69) is 75.0 Å². The van der Waals surface area contributed by atoms with E-state index in [1.807, 2.05) is 72.8 Å². The Kier molecular flexibility index (Phi) is 8.35. The zero-order valence-electron chi connectivity index (χ0n) is 33.2. The number of hydrogen-bond donors (Lipinski definition) is 2. The van der Waals surface area contributed by atoms with Gasteiger partial charge in [-0.1, -0.05) is 112 Å². The summed E-state index contributed by atoms with van der Waals surface area (Å²) in [7, 11) is 0. The fraction of sp³-hybridized carbons (Fsp3) is 0.320. The second kappa shape index (κ2) is 13.0. The van der Waals surface area contributed by atoms with Crippen LogP contribution in [0.2, 0.25) is 0 Å². The summed E-state index contributed by atoms with van der Waals surface area (Å²) in [6, 6.07) is 32.3. The van der Waals surface area contributed by atoms with Crippen molar-refractivity contribution in [2.45, 2.75) is 78.1 Å². The number of carbonyl (C=O) groups is 2. The number of hydrogen-bond acceptors (Lipinski definition) is 4. The van der Waals surface area contributed by atoms with E-state index in [0.717, 1.165) is 94.2 Å². The molecular weight excluding hydrogens is 693 g/mol. The van der Waals surface area contributed by atoms with Crippen molar-refractivity contribution < 1.29 is 29.0 Å². The van der Waals surface area contributed by atoms with Gasteiger partial charge in [0.2, 0.25) is 11.4 Å². The third kappa shape index (κ3) is 4.80. The predicted octanol–water partition coefficient (Wildman–Crippen LogP) is 10.7. The van der Waals surface area contributed by atoms with Gasteiger partial charge in [0, 0.05) is 47.2 Å². The number of allylic oxidation sites excluding steroid dienone is 4. The second-order valence-corrected chi connectivity index (χ2v) is 17.0. The van der Waals surface area contributed by atoms with Crippen molar-refractivity contribution in [1.82, 2.24) is 0 Å². The summed E-state index contributed by atoms with van der Waals surface area (Å²) >= 11 is 0. The van der Waals surface area contributed by atoms with E-state index in [-0.39, 0.29) is 23.1 Å².